The third-order valence-corrected chi connectivity index (χ3v) is 10.7. The van der Waals surface area contributed by atoms with Crippen LogP contribution in [0.5, 0.6) is 0 Å². The normalized spacial score (nSPS) is 15.5. The van der Waals surface area contributed by atoms with Crippen LogP contribution in [-0.4, -0.2) is 10.7 Å². The summed E-state index contributed by atoms with van der Waals surface area (Å²) in [6.07, 6.45) is 10.2. The number of allylic oxidation sites excluding steroid dienone is 2. The predicted octanol–water partition coefficient (Wildman–Crippen LogP) is 11.7. The molecule has 8 aromatic rings. The lowest BCUT2D eigenvalue weighted by molar-refractivity contribution is 0.665. The molecule has 0 amide bonds. The fourth-order valence-corrected chi connectivity index (χ4v) is 8.09. The SMILES string of the molecule is C1=C(c2cccc(-c3cccnc3)c2)NC(c2ccc3c4ccccc4c4ccccc4c3c2)N=C1c1ccc(C2=CCCc3ccccc32)cc1. The molecular formula is C49H35N3. The number of rotatable bonds is 5. The van der Waals surface area contributed by atoms with Crippen LogP contribution in [0.25, 0.3) is 54.7 Å². The summed E-state index contributed by atoms with van der Waals surface area (Å²) in [5.41, 5.74) is 12.9. The molecule has 7 aromatic carbocycles. The highest BCUT2D eigenvalue weighted by atomic mass is 15.1. The summed E-state index contributed by atoms with van der Waals surface area (Å²) in [6, 6.07) is 54.9. The highest BCUT2D eigenvalue weighted by Crippen LogP contribution is 2.38. The maximum Gasteiger partial charge on any atom is 0.145 e. The summed E-state index contributed by atoms with van der Waals surface area (Å²) in [6.45, 7) is 0. The quantitative estimate of drug-likeness (QED) is 0.186. The number of pyridine rings is 1. The second kappa shape index (κ2) is 12.6. The molecule has 0 spiro atoms. The van der Waals surface area contributed by atoms with E-state index in [4.69, 9.17) is 4.99 Å². The van der Waals surface area contributed by atoms with Gasteiger partial charge in [0, 0.05) is 23.7 Å². The van der Waals surface area contributed by atoms with Crippen LogP contribution in [0.4, 0.5) is 0 Å². The Morgan fingerprint density at radius 1 is 0.519 bits per heavy atom. The molecule has 0 saturated heterocycles. The van der Waals surface area contributed by atoms with Gasteiger partial charge in [-0.25, -0.2) is 0 Å². The van der Waals surface area contributed by atoms with Gasteiger partial charge in [0.05, 0.1) is 5.71 Å². The number of hydrogen-bond acceptors (Lipinski definition) is 3. The zero-order valence-electron chi connectivity index (χ0n) is 28.6. The molecule has 1 aliphatic carbocycles. The van der Waals surface area contributed by atoms with Gasteiger partial charge in [0.2, 0.25) is 0 Å². The topological polar surface area (TPSA) is 37.3 Å². The molecule has 0 fully saturated rings. The van der Waals surface area contributed by atoms with Crippen LogP contribution in [-0.2, 0) is 6.42 Å². The Morgan fingerprint density at radius 2 is 1.19 bits per heavy atom. The summed E-state index contributed by atoms with van der Waals surface area (Å²) in [4.78, 5) is 9.78. The lowest BCUT2D eigenvalue weighted by Crippen LogP contribution is -2.25. The molecule has 3 nitrogen and oxygen atoms in total. The average molecular weight is 666 g/mol. The maximum absolute atomic E-state index is 5.41. The van der Waals surface area contributed by atoms with Gasteiger partial charge in [-0.3, -0.25) is 9.98 Å². The number of fused-ring (bicyclic) bond motifs is 7. The third-order valence-electron chi connectivity index (χ3n) is 10.7. The van der Waals surface area contributed by atoms with Crippen molar-refractivity contribution in [2.45, 2.75) is 19.0 Å². The fraction of sp³-hybridized carbons (Fsp3) is 0.0612. The van der Waals surface area contributed by atoms with Crippen molar-refractivity contribution in [1.29, 1.82) is 0 Å². The van der Waals surface area contributed by atoms with E-state index in [2.05, 4.69) is 168 Å². The molecule has 0 bridgehead atoms. The zero-order valence-corrected chi connectivity index (χ0v) is 28.6. The average Bonchev–Trinajstić information content (AvgIpc) is 3.23. The third kappa shape index (κ3) is 5.30. The van der Waals surface area contributed by atoms with E-state index >= 15 is 0 Å². The Balaban J connectivity index is 1.09. The number of aliphatic imine (C=N–C) groups is 1. The Kier molecular flexibility index (Phi) is 7.35. The Labute approximate surface area is 303 Å². The van der Waals surface area contributed by atoms with E-state index < -0.39 is 0 Å². The van der Waals surface area contributed by atoms with E-state index in [0.717, 1.165) is 52.1 Å². The molecule has 1 aliphatic heterocycles. The van der Waals surface area contributed by atoms with Crippen molar-refractivity contribution in [3.05, 3.63) is 210 Å². The van der Waals surface area contributed by atoms with E-state index in [1.54, 1.807) is 0 Å². The zero-order chi connectivity index (χ0) is 34.4. The molecule has 0 saturated carbocycles. The van der Waals surface area contributed by atoms with Crippen molar-refractivity contribution < 1.29 is 0 Å². The van der Waals surface area contributed by atoms with E-state index in [-0.39, 0.29) is 6.17 Å². The van der Waals surface area contributed by atoms with Crippen LogP contribution >= 0.6 is 0 Å². The van der Waals surface area contributed by atoms with Crippen molar-refractivity contribution in [3.8, 4) is 11.1 Å². The minimum absolute atomic E-state index is 0.278. The molecule has 10 rings (SSSR count). The van der Waals surface area contributed by atoms with Crippen molar-refractivity contribution in [2.24, 2.45) is 4.99 Å². The van der Waals surface area contributed by atoms with Gasteiger partial charge < -0.3 is 5.32 Å². The van der Waals surface area contributed by atoms with Crippen molar-refractivity contribution in [3.63, 3.8) is 0 Å². The number of aromatic nitrogens is 1. The number of nitrogens with one attached hydrogen (secondary N) is 1. The standard InChI is InChI=1S/C49H35N3/c1-2-15-39-32(10-1)11-8-20-40(39)33-21-23-34(24-22-33)47-30-48(36-13-7-12-35(28-36)38-14-9-27-50-31-38)52-49(51-47)37-25-26-45-43-18-4-3-16-41(43)42-17-5-6-19-44(42)46(45)29-37/h1-7,9-10,12-31,49,52H,8,11H2. The smallest absolute Gasteiger partial charge is 0.145 e. The molecule has 52 heavy (non-hydrogen) atoms. The van der Waals surface area contributed by atoms with E-state index in [9.17, 15) is 0 Å². The summed E-state index contributed by atoms with van der Waals surface area (Å²) in [5, 5.41) is 11.4. The molecule has 2 aliphatic rings. The second-order valence-electron chi connectivity index (χ2n) is 13.7. The monoisotopic (exact) mass is 665 g/mol. The van der Waals surface area contributed by atoms with Gasteiger partial charge in [0.15, 0.2) is 0 Å². The van der Waals surface area contributed by atoms with Gasteiger partial charge in [-0.15, -0.1) is 0 Å². The van der Waals surface area contributed by atoms with E-state index in [0.29, 0.717) is 0 Å². The molecule has 1 atom stereocenters. The summed E-state index contributed by atoms with van der Waals surface area (Å²) in [7, 11) is 0. The van der Waals surface area contributed by atoms with Crippen molar-refractivity contribution >= 4 is 49.3 Å². The molecule has 3 heteroatoms. The van der Waals surface area contributed by atoms with Crippen LogP contribution in [0.15, 0.2) is 181 Å². The Morgan fingerprint density at radius 3 is 1.96 bits per heavy atom. The first kappa shape index (κ1) is 30.3. The van der Waals surface area contributed by atoms with Crippen LogP contribution in [0, 0.1) is 0 Å². The van der Waals surface area contributed by atoms with Gasteiger partial charge in [-0.2, -0.15) is 0 Å². The maximum atomic E-state index is 5.41. The Bertz CT molecular complexity index is 2720. The van der Waals surface area contributed by atoms with E-state index in [1.165, 1.54) is 54.6 Å². The van der Waals surface area contributed by atoms with Gasteiger partial charge in [0.25, 0.3) is 0 Å². The molecule has 1 unspecified atom stereocenters. The van der Waals surface area contributed by atoms with Gasteiger partial charge in [0.1, 0.15) is 6.17 Å². The Hall–Kier alpha value is -6.58. The molecule has 0 radical (unpaired) electrons. The van der Waals surface area contributed by atoms with Crippen LogP contribution < -0.4 is 5.32 Å². The van der Waals surface area contributed by atoms with Gasteiger partial charge in [-0.05, 0) is 114 Å². The van der Waals surface area contributed by atoms with E-state index in [1.807, 2.05) is 18.5 Å². The minimum atomic E-state index is -0.278. The molecular weight excluding hydrogens is 631 g/mol. The van der Waals surface area contributed by atoms with Crippen LogP contribution in [0.2, 0.25) is 0 Å². The first-order valence-corrected chi connectivity index (χ1v) is 18.1. The lowest BCUT2D eigenvalue weighted by Gasteiger charge is -2.26. The van der Waals surface area contributed by atoms with Gasteiger partial charge in [-0.1, -0.05) is 140 Å². The van der Waals surface area contributed by atoms with Crippen LogP contribution in [0.1, 0.15) is 46.0 Å². The molecule has 2 heterocycles. The number of aryl methyl sites for hydroxylation is 1. The highest BCUT2D eigenvalue weighted by Gasteiger charge is 2.22. The molecule has 1 N–H and O–H groups in total. The number of hydrogen-bond donors (Lipinski definition) is 1. The molecule has 1 aromatic heterocycles. The van der Waals surface area contributed by atoms with Crippen molar-refractivity contribution in [1.82, 2.24) is 10.3 Å². The first-order valence-electron chi connectivity index (χ1n) is 18.1. The van der Waals surface area contributed by atoms with Gasteiger partial charge >= 0.3 is 0 Å². The van der Waals surface area contributed by atoms with Crippen LogP contribution in [0.3, 0.4) is 0 Å². The number of nitrogens with zero attached hydrogens (tertiary/aromatic N) is 2. The summed E-state index contributed by atoms with van der Waals surface area (Å²) < 4.78 is 0. The molecule has 246 valence electrons. The minimum Gasteiger partial charge on any atom is -0.360 e. The fourth-order valence-electron chi connectivity index (χ4n) is 8.09. The summed E-state index contributed by atoms with van der Waals surface area (Å²) >= 11 is 0. The lowest BCUT2D eigenvalue weighted by atomic mass is 9.86. The first-order chi connectivity index (χ1) is 25.8. The largest absolute Gasteiger partial charge is 0.360 e. The predicted molar refractivity (Wildman–Crippen MR) is 217 cm³/mol. The highest BCUT2D eigenvalue weighted by molar-refractivity contribution is 6.25. The summed E-state index contributed by atoms with van der Waals surface area (Å²) in [5.74, 6) is 0. The number of benzene rings is 7. The van der Waals surface area contributed by atoms with Crippen molar-refractivity contribution in [2.75, 3.05) is 0 Å². The second-order valence-corrected chi connectivity index (χ2v) is 13.7.